The van der Waals surface area contributed by atoms with Crippen molar-refractivity contribution in [3.63, 3.8) is 0 Å². The monoisotopic (exact) mass is 409 g/mol. The standard InChI is InChI=1S/C16H13Br2NS/c1-10-6-7-11(12(17)8-10)13(18)9-16-19-14-4-2-3-5-15(14)20-16/h2-8,13H,9H2,1H3. The molecule has 0 radical (unpaired) electrons. The molecule has 0 bridgehead atoms. The number of para-hydroxylation sites is 1. The summed E-state index contributed by atoms with van der Waals surface area (Å²) in [5, 5.41) is 1.17. The Kier molecular flexibility index (Phi) is 4.24. The number of aryl methyl sites for hydroxylation is 1. The molecular formula is C16H13Br2NS. The Bertz CT molecular complexity index is 718. The van der Waals surface area contributed by atoms with Crippen LogP contribution >= 0.6 is 43.2 Å². The van der Waals surface area contributed by atoms with Crippen LogP contribution < -0.4 is 0 Å². The van der Waals surface area contributed by atoms with Crippen LogP contribution in [-0.2, 0) is 6.42 Å². The molecule has 1 aromatic heterocycles. The molecule has 0 saturated heterocycles. The minimum Gasteiger partial charge on any atom is -0.241 e. The lowest BCUT2D eigenvalue weighted by Crippen LogP contribution is -1.96. The van der Waals surface area contributed by atoms with Gasteiger partial charge in [0.1, 0.15) is 0 Å². The molecule has 3 rings (SSSR count). The molecule has 3 aromatic rings. The fourth-order valence-electron chi connectivity index (χ4n) is 2.16. The zero-order valence-electron chi connectivity index (χ0n) is 10.9. The Morgan fingerprint density at radius 1 is 1.20 bits per heavy atom. The summed E-state index contributed by atoms with van der Waals surface area (Å²) in [5.41, 5.74) is 3.63. The van der Waals surface area contributed by atoms with E-state index in [1.54, 1.807) is 11.3 Å². The Morgan fingerprint density at radius 2 is 2.00 bits per heavy atom. The Balaban J connectivity index is 1.86. The van der Waals surface area contributed by atoms with Crippen molar-refractivity contribution < 1.29 is 0 Å². The fraction of sp³-hybridized carbons (Fsp3) is 0.188. The molecule has 0 aliphatic heterocycles. The molecule has 0 aliphatic carbocycles. The number of halogens is 2. The molecule has 2 aromatic carbocycles. The number of hydrogen-bond donors (Lipinski definition) is 0. The van der Waals surface area contributed by atoms with Gasteiger partial charge < -0.3 is 0 Å². The number of benzene rings is 2. The van der Waals surface area contributed by atoms with Gasteiger partial charge in [-0.1, -0.05) is 56.1 Å². The van der Waals surface area contributed by atoms with Crippen LogP contribution in [0.1, 0.15) is 21.0 Å². The van der Waals surface area contributed by atoms with Gasteiger partial charge in [-0.05, 0) is 36.2 Å². The van der Waals surface area contributed by atoms with E-state index in [1.807, 2.05) is 6.07 Å². The van der Waals surface area contributed by atoms with Crippen LogP contribution in [0.3, 0.4) is 0 Å². The van der Waals surface area contributed by atoms with Crippen LogP contribution in [0.5, 0.6) is 0 Å². The molecule has 0 aliphatic rings. The summed E-state index contributed by atoms with van der Waals surface area (Å²) in [6.45, 7) is 2.10. The number of rotatable bonds is 3. The number of nitrogens with zero attached hydrogens (tertiary/aromatic N) is 1. The third kappa shape index (κ3) is 2.97. The lowest BCUT2D eigenvalue weighted by atomic mass is 10.1. The van der Waals surface area contributed by atoms with E-state index in [2.05, 4.69) is 75.2 Å². The van der Waals surface area contributed by atoms with Gasteiger partial charge in [0.25, 0.3) is 0 Å². The van der Waals surface area contributed by atoms with Crippen LogP contribution in [0.15, 0.2) is 46.9 Å². The highest BCUT2D eigenvalue weighted by Gasteiger charge is 2.14. The van der Waals surface area contributed by atoms with Gasteiger partial charge in [-0.25, -0.2) is 4.98 Å². The summed E-state index contributed by atoms with van der Waals surface area (Å²) < 4.78 is 2.41. The number of alkyl halides is 1. The second kappa shape index (κ2) is 5.96. The molecule has 1 heterocycles. The zero-order chi connectivity index (χ0) is 14.1. The van der Waals surface area contributed by atoms with E-state index in [1.165, 1.54) is 20.8 Å². The molecular weight excluding hydrogens is 398 g/mol. The molecule has 0 saturated carbocycles. The van der Waals surface area contributed by atoms with E-state index in [0.717, 1.165) is 16.4 Å². The van der Waals surface area contributed by atoms with Gasteiger partial charge in [-0.15, -0.1) is 11.3 Å². The summed E-state index contributed by atoms with van der Waals surface area (Å²) in [6, 6.07) is 14.8. The molecule has 20 heavy (non-hydrogen) atoms. The summed E-state index contributed by atoms with van der Waals surface area (Å²) >= 11 is 9.21. The van der Waals surface area contributed by atoms with E-state index in [9.17, 15) is 0 Å². The normalized spacial score (nSPS) is 12.8. The molecule has 0 spiro atoms. The molecule has 4 heteroatoms. The zero-order valence-corrected chi connectivity index (χ0v) is 14.9. The number of fused-ring (bicyclic) bond motifs is 1. The van der Waals surface area contributed by atoms with Gasteiger partial charge in [0, 0.05) is 15.7 Å². The van der Waals surface area contributed by atoms with Crippen molar-refractivity contribution in [3.8, 4) is 0 Å². The van der Waals surface area contributed by atoms with Crippen molar-refractivity contribution in [2.75, 3.05) is 0 Å². The number of aromatic nitrogens is 1. The first-order valence-electron chi connectivity index (χ1n) is 6.38. The van der Waals surface area contributed by atoms with Gasteiger partial charge >= 0.3 is 0 Å². The highest BCUT2D eigenvalue weighted by atomic mass is 79.9. The van der Waals surface area contributed by atoms with Crippen LogP contribution in [0.4, 0.5) is 0 Å². The first kappa shape index (κ1) is 14.2. The van der Waals surface area contributed by atoms with Crippen molar-refractivity contribution in [3.05, 3.63) is 63.1 Å². The summed E-state index contributed by atoms with van der Waals surface area (Å²) in [7, 11) is 0. The van der Waals surface area contributed by atoms with Gasteiger partial charge in [0.15, 0.2) is 0 Å². The third-order valence-electron chi connectivity index (χ3n) is 3.19. The Hall–Kier alpha value is -0.710. The molecule has 1 atom stereocenters. The fourth-order valence-corrected chi connectivity index (χ4v) is 5.17. The van der Waals surface area contributed by atoms with Crippen molar-refractivity contribution in [1.82, 2.24) is 4.98 Å². The van der Waals surface area contributed by atoms with E-state index in [0.29, 0.717) is 0 Å². The second-order valence-corrected chi connectivity index (χ2v) is 7.85. The molecule has 102 valence electrons. The van der Waals surface area contributed by atoms with E-state index in [-0.39, 0.29) is 4.83 Å². The van der Waals surface area contributed by atoms with Gasteiger partial charge in [-0.2, -0.15) is 0 Å². The van der Waals surface area contributed by atoms with Crippen molar-refractivity contribution >= 4 is 53.4 Å². The van der Waals surface area contributed by atoms with Gasteiger partial charge in [-0.3, -0.25) is 0 Å². The van der Waals surface area contributed by atoms with Crippen LogP contribution in [-0.4, -0.2) is 4.98 Å². The van der Waals surface area contributed by atoms with E-state index >= 15 is 0 Å². The molecule has 1 nitrogen and oxygen atoms in total. The molecule has 0 fully saturated rings. The Labute approximate surface area is 139 Å². The highest BCUT2D eigenvalue weighted by molar-refractivity contribution is 9.11. The minimum atomic E-state index is 0.276. The van der Waals surface area contributed by atoms with Crippen LogP contribution in [0.2, 0.25) is 0 Å². The minimum absolute atomic E-state index is 0.276. The SMILES string of the molecule is Cc1ccc(C(Br)Cc2nc3ccccc3s2)c(Br)c1. The quantitative estimate of drug-likeness (QED) is 0.479. The predicted octanol–water partition coefficient (Wildman–Crippen LogP) is 6.05. The average Bonchev–Trinajstić information content (AvgIpc) is 2.80. The molecule has 0 N–H and O–H groups in total. The van der Waals surface area contributed by atoms with Crippen molar-refractivity contribution in [1.29, 1.82) is 0 Å². The summed E-state index contributed by atoms with van der Waals surface area (Å²) in [5.74, 6) is 0. The lowest BCUT2D eigenvalue weighted by molar-refractivity contribution is 0.932. The van der Waals surface area contributed by atoms with Crippen LogP contribution in [0, 0.1) is 6.92 Å². The van der Waals surface area contributed by atoms with E-state index < -0.39 is 0 Å². The average molecular weight is 411 g/mol. The second-order valence-electron chi connectivity index (χ2n) is 4.77. The maximum atomic E-state index is 4.70. The number of hydrogen-bond acceptors (Lipinski definition) is 2. The molecule has 1 unspecified atom stereocenters. The van der Waals surface area contributed by atoms with Crippen LogP contribution in [0.25, 0.3) is 10.2 Å². The summed E-state index contributed by atoms with van der Waals surface area (Å²) in [6.07, 6.45) is 0.904. The maximum Gasteiger partial charge on any atom is 0.0953 e. The van der Waals surface area contributed by atoms with Crippen molar-refractivity contribution in [2.45, 2.75) is 18.2 Å². The van der Waals surface area contributed by atoms with Crippen molar-refractivity contribution in [2.24, 2.45) is 0 Å². The first-order valence-corrected chi connectivity index (χ1v) is 8.90. The summed E-state index contributed by atoms with van der Waals surface area (Å²) in [4.78, 5) is 4.97. The largest absolute Gasteiger partial charge is 0.241 e. The third-order valence-corrected chi connectivity index (χ3v) is 5.75. The smallest absolute Gasteiger partial charge is 0.0953 e. The predicted molar refractivity (Wildman–Crippen MR) is 93.9 cm³/mol. The maximum absolute atomic E-state index is 4.70. The topological polar surface area (TPSA) is 12.9 Å². The van der Waals surface area contributed by atoms with E-state index in [4.69, 9.17) is 4.98 Å². The first-order chi connectivity index (χ1) is 9.63. The van der Waals surface area contributed by atoms with Gasteiger partial charge in [0.2, 0.25) is 0 Å². The highest BCUT2D eigenvalue weighted by Crippen LogP contribution is 2.34. The molecule has 0 amide bonds. The Morgan fingerprint density at radius 3 is 2.75 bits per heavy atom. The number of thiazole rings is 1. The lowest BCUT2D eigenvalue weighted by Gasteiger charge is -2.11. The van der Waals surface area contributed by atoms with Gasteiger partial charge in [0.05, 0.1) is 15.2 Å².